The molecule has 0 bridgehead atoms. The lowest BCUT2D eigenvalue weighted by atomic mass is 10.1. The molecule has 0 amide bonds. The standard InChI is InChI=1S/C13H17N3O/c1-17-9-3-7-15-13-12-10(6-8-16-13)4-2-5-11(12)14/h2,4-6,8H,3,7,9,14H2,1H3,(H,15,16). The fraction of sp³-hybridized carbons (Fsp3) is 0.308. The van der Waals surface area contributed by atoms with E-state index in [1.165, 1.54) is 0 Å². The van der Waals surface area contributed by atoms with E-state index in [1.807, 2.05) is 24.3 Å². The van der Waals surface area contributed by atoms with Crippen molar-refractivity contribution in [1.29, 1.82) is 0 Å². The highest BCUT2D eigenvalue weighted by Gasteiger charge is 2.04. The molecule has 0 saturated heterocycles. The zero-order chi connectivity index (χ0) is 12.1. The average molecular weight is 231 g/mol. The summed E-state index contributed by atoms with van der Waals surface area (Å²) in [6.07, 6.45) is 2.74. The molecule has 0 aliphatic carbocycles. The third-order valence-electron chi connectivity index (χ3n) is 2.64. The van der Waals surface area contributed by atoms with E-state index in [9.17, 15) is 0 Å². The van der Waals surface area contributed by atoms with Gasteiger partial charge in [0.25, 0.3) is 0 Å². The van der Waals surface area contributed by atoms with Gasteiger partial charge in [0.2, 0.25) is 0 Å². The molecule has 2 aromatic rings. The summed E-state index contributed by atoms with van der Waals surface area (Å²) >= 11 is 0. The van der Waals surface area contributed by atoms with Crippen LogP contribution >= 0.6 is 0 Å². The number of ether oxygens (including phenoxy) is 1. The second kappa shape index (κ2) is 5.50. The Morgan fingerprint density at radius 2 is 2.24 bits per heavy atom. The van der Waals surface area contributed by atoms with Gasteiger partial charge in [0.05, 0.1) is 0 Å². The number of rotatable bonds is 5. The highest BCUT2D eigenvalue weighted by Crippen LogP contribution is 2.26. The molecule has 0 aliphatic rings. The Morgan fingerprint density at radius 3 is 3.06 bits per heavy atom. The van der Waals surface area contributed by atoms with E-state index in [2.05, 4.69) is 10.3 Å². The van der Waals surface area contributed by atoms with Crippen molar-refractivity contribution < 1.29 is 4.74 Å². The summed E-state index contributed by atoms with van der Waals surface area (Å²) in [5.41, 5.74) is 6.74. The molecule has 17 heavy (non-hydrogen) atoms. The lowest BCUT2D eigenvalue weighted by Gasteiger charge is -2.10. The highest BCUT2D eigenvalue weighted by atomic mass is 16.5. The van der Waals surface area contributed by atoms with Gasteiger partial charge >= 0.3 is 0 Å². The van der Waals surface area contributed by atoms with Gasteiger partial charge in [-0.05, 0) is 23.9 Å². The number of nitrogens with one attached hydrogen (secondary N) is 1. The number of fused-ring (bicyclic) bond motifs is 1. The minimum absolute atomic E-state index is 0.743. The van der Waals surface area contributed by atoms with Crippen LogP contribution < -0.4 is 11.1 Å². The van der Waals surface area contributed by atoms with Crippen LogP contribution in [-0.2, 0) is 4.74 Å². The van der Waals surface area contributed by atoms with Crippen molar-refractivity contribution in [2.45, 2.75) is 6.42 Å². The van der Waals surface area contributed by atoms with Crippen LogP contribution in [0.5, 0.6) is 0 Å². The molecule has 3 N–H and O–H groups in total. The van der Waals surface area contributed by atoms with E-state index in [1.54, 1.807) is 13.3 Å². The Balaban J connectivity index is 2.21. The van der Waals surface area contributed by atoms with E-state index in [4.69, 9.17) is 10.5 Å². The average Bonchev–Trinajstić information content (AvgIpc) is 2.35. The molecule has 0 fully saturated rings. The summed E-state index contributed by atoms with van der Waals surface area (Å²) in [5.74, 6) is 0.844. The number of nitrogen functional groups attached to an aromatic ring is 1. The molecule has 4 heteroatoms. The maximum Gasteiger partial charge on any atom is 0.135 e. The fourth-order valence-corrected chi connectivity index (χ4v) is 1.82. The summed E-state index contributed by atoms with van der Waals surface area (Å²) in [6, 6.07) is 7.84. The number of pyridine rings is 1. The number of methoxy groups -OCH3 is 1. The topological polar surface area (TPSA) is 60.2 Å². The van der Waals surface area contributed by atoms with Gasteiger partial charge in [-0.2, -0.15) is 0 Å². The van der Waals surface area contributed by atoms with E-state index in [-0.39, 0.29) is 0 Å². The van der Waals surface area contributed by atoms with Crippen LogP contribution in [0, 0.1) is 0 Å². The smallest absolute Gasteiger partial charge is 0.135 e. The van der Waals surface area contributed by atoms with Crippen molar-refractivity contribution in [3.05, 3.63) is 30.5 Å². The van der Waals surface area contributed by atoms with Gasteiger partial charge < -0.3 is 15.8 Å². The highest BCUT2D eigenvalue weighted by molar-refractivity contribution is 6.00. The fourth-order valence-electron chi connectivity index (χ4n) is 1.82. The van der Waals surface area contributed by atoms with E-state index in [0.717, 1.165) is 41.9 Å². The predicted octanol–water partition coefficient (Wildman–Crippen LogP) is 2.27. The van der Waals surface area contributed by atoms with E-state index in [0.29, 0.717) is 0 Å². The zero-order valence-corrected chi connectivity index (χ0v) is 9.94. The zero-order valence-electron chi connectivity index (χ0n) is 9.94. The molecule has 1 aromatic carbocycles. The van der Waals surface area contributed by atoms with Gasteiger partial charge in [-0.15, -0.1) is 0 Å². The third kappa shape index (κ3) is 2.65. The maximum absolute atomic E-state index is 5.98. The number of anilines is 2. The molecule has 2 rings (SSSR count). The maximum atomic E-state index is 5.98. The molecule has 90 valence electrons. The summed E-state index contributed by atoms with van der Waals surface area (Å²) in [6.45, 7) is 1.57. The molecule has 4 nitrogen and oxygen atoms in total. The first-order valence-corrected chi connectivity index (χ1v) is 5.69. The lowest BCUT2D eigenvalue weighted by Crippen LogP contribution is -2.07. The van der Waals surface area contributed by atoms with Gasteiger partial charge in [0.1, 0.15) is 5.82 Å². The number of hydrogen-bond donors (Lipinski definition) is 2. The van der Waals surface area contributed by atoms with Gasteiger partial charge in [-0.1, -0.05) is 12.1 Å². The number of hydrogen-bond acceptors (Lipinski definition) is 4. The third-order valence-corrected chi connectivity index (χ3v) is 2.64. The molecule has 0 atom stereocenters. The van der Waals surface area contributed by atoms with Crippen molar-refractivity contribution in [2.75, 3.05) is 31.3 Å². The first kappa shape index (κ1) is 11.7. The van der Waals surface area contributed by atoms with E-state index >= 15 is 0 Å². The van der Waals surface area contributed by atoms with Crippen molar-refractivity contribution in [2.24, 2.45) is 0 Å². The molecule has 1 aromatic heterocycles. The Bertz CT molecular complexity index is 494. The Hall–Kier alpha value is -1.81. The number of benzene rings is 1. The second-order valence-corrected chi connectivity index (χ2v) is 3.88. The van der Waals surface area contributed by atoms with Crippen LogP contribution in [0.1, 0.15) is 6.42 Å². The molecule has 0 aliphatic heterocycles. The Kier molecular flexibility index (Phi) is 3.77. The second-order valence-electron chi connectivity index (χ2n) is 3.88. The normalized spacial score (nSPS) is 10.6. The SMILES string of the molecule is COCCCNc1nccc2cccc(N)c12. The van der Waals surface area contributed by atoms with Crippen molar-refractivity contribution in [3.63, 3.8) is 0 Å². The van der Waals surface area contributed by atoms with Crippen molar-refractivity contribution in [1.82, 2.24) is 4.98 Å². The van der Waals surface area contributed by atoms with Gasteiger partial charge in [0.15, 0.2) is 0 Å². The van der Waals surface area contributed by atoms with Gasteiger partial charge in [0, 0.05) is 37.5 Å². The molecule has 0 unspecified atom stereocenters. The molecule has 0 radical (unpaired) electrons. The summed E-state index contributed by atoms with van der Waals surface area (Å²) in [7, 11) is 1.70. The molecule has 1 heterocycles. The largest absolute Gasteiger partial charge is 0.398 e. The first-order valence-electron chi connectivity index (χ1n) is 5.69. The van der Waals surface area contributed by atoms with Crippen LogP contribution in [0.15, 0.2) is 30.5 Å². The summed E-state index contributed by atoms with van der Waals surface area (Å²) in [4.78, 5) is 4.33. The number of aromatic nitrogens is 1. The number of nitrogens with two attached hydrogens (primary N) is 1. The minimum atomic E-state index is 0.743. The molecular weight excluding hydrogens is 214 g/mol. The lowest BCUT2D eigenvalue weighted by molar-refractivity contribution is 0.198. The van der Waals surface area contributed by atoms with Crippen LogP contribution in [-0.4, -0.2) is 25.2 Å². The molecular formula is C13H17N3O. The Morgan fingerprint density at radius 1 is 1.35 bits per heavy atom. The van der Waals surface area contributed by atoms with Crippen molar-refractivity contribution in [3.8, 4) is 0 Å². The summed E-state index contributed by atoms with van der Waals surface area (Å²) in [5, 5.41) is 5.39. The monoisotopic (exact) mass is 231 g/mol. The van der Waals surface area contributed by atoms with Crippen LogP contribution in [0.3, 0.4) is 0 Å². The van der Waals surface area contributed by atoms with Crippen molar-refractivity contribution >= 4 is 22.3 Å². The Labute approximate surface area is 101 Å². The summed E-state index contributed by atoms with van der Waals surface area (Å²) < 4.78 is 5.01. The van der Waals surface area contributed by atoms with Gasteiger partial charge in [-0.3, -0.25) is 0 Å². The number of nitrogens with zero attached hydrogens (tertiary/aromatic N) is 1. The molecule has 0 saturated carbocycles. The van der Waals surface area contributed by atoms with Gasteiger partial charge in [-0.25, -0.2) is 4.98 Å². The first-order chi connectivity index (χ1) is 8.33. The predicted molar refractivity (Wildman–Crippen MR) is 71.1 cm³/mol. The van der Waals surface area contributed by atoms with Crippen LogP contribution in [0.4, 0.5) is 11.5 Å². The van der Waals surface area contributed by atoms with E-state index < -0.39 is 0 Å². The van der Waals surface area contributed by atoms with Crippen LogP contribution in [0.2, 0.25) is 0 Å². The molecule has 0 spiro atoms. The minimum Gasteiger partial charge on any atom is -0.398 e. The quantitative estimate of drug-likeness (QED) is 0.612. The van der Waals surface area contributed by atoms with Crippen LogP contribution in [0.25, 0.3) is 10.8 Å².